The first-order chi connectivity index (χ1) is 11.5. The average Bonchev–Trinajstić information content (AvgIpc) is 2.99. The summed E-state index contributed by atoms with van der Waals surface area (Å²) in [6.07, 6.45) is 6.21. The molecule has 0 saturated heterocycles. The Hall–Kier alpha value is -2.39. The molecule has 3 aromatic rings. The highest BCUT2D eigenvalue weighted by Gasteiger charge is 2.11. The highest BCUT2D eigenvalue weighted by Crippen LogP contribution is 2.08. The Morgan fingerprint density at radius 3 is 2.92 bits per heavy atom. The van der Waals surface area contributed by atoms with Crippen molar-refractivity contribution in [3.05, 3.63) is 59.9 Å². The quantitative estimate of drug-likeness (QED) is 0.650. The molecule has 126 valence electrons. The van der Waals surface area contributed by atoms with Gasteiger partial charge in [0.15, 0.2) is 0 Å². The van der Waals surface area contributed by atoms with Crippen LogP contribution in [0.25, 0.3) is 5.78 Å². The summed E-state index contributed by atoms with van der Waals surface area (Å²) in [7, 11) is -3.49. The topological polar surface area (TPSA) is 89.2 Å². The number of sulfonamides is 1. The lowest BCUT2D eigenvalue weighted by Crippen LogP contribution is -2.26. The highest BCUT2D eigenvalue weighted by molar-refractivity contribution is 7.88. The second kappa shape index (κ2) is 7.02. The smallest absolute Gasteiger partial charge is 0.219 e. The maximum absolute atomic E-state index is 13.1. The number of aromatic nitrogens is 4. The third kappa shape index (κ3) is 4.33. The number of nitrogens with one attached hydrogen (secondary N) is 1. The second-order valence-electron chi connectivity index (χ2n) is 5.35. The number of fused-ring (bicyclic) bond motifs is 1. The Labute approximate surface area is 138 Å². The fourth-order valence-electron chi connectivity index (χ4n) is 2.30. The molecule has 0 atom stereocenters. The van der Waals surface area contributed by atoms with E-state index < -0.39 is 15.8 Å². The Morgan fingerprint density at radius 1 is 1.21 bits per heavy atom. The van der Waals surface area contributed by atoms with Gasteiger partial charge in [0.2, 0.25) is 10.0 Å². The minimum atomic E-state index is -3.49. The van der Waals surface area contributed by atoms with E-state index in [1.165, 1.54) is 24.5 Å². The molecule has 0 aliphatic heterocycles. The summed E-state index contributed by atoms with van der Waals surface area (Å²) >= 11 is 0. The zero-order chi connectivity index (χ0) is 17.0. The van der Waals surface area contributed by atoms with Crippen LogP contribution in [0.3, 0.4) is 0 Å². The van der Waals surface area contributed by atoms with Gasteiger partial charge in [0.05, 0.1) is 5.75 Å². The Morgan fingerprint density at radius 2 is 2.08 bits per heavy atom. The lowest BCUT2D eigenvalue weighted by Gasteiger charge is -2.07. The van der Waals surface area contributed by atoms with Crippen molar-refractivity contribution in [2.24, 2.45) is 0 Å². The van der Waals surface area contributed by atoms with Gasteiger partial charge in [0.1, 0.15) is 12.1 Å². The van der Waals surface area contributed by atoms with Crippen LogP contribution < -0.4 is 4.72 Å². The third-order valence-electron chi connectivity index (χ3n) is 3.40. The molecular formula is C15H16FN5O2S. The average molecular weight is 349 g/mol. The van der Waals surface area contributed by atoms with E-state index in [9.17, 15) is 12.8 Å². The number of benzene rings is 1. The fourth-order valence-corrected chi connectivity index (χ4v) is 3.48. The molecule has 3 rings (SSSR count). The van der Waals surface area contributed by atoms with Crippen LogP contribution in [0.5, 0.6) is 0 Å². The van der Waals surface area contributed by atoms with Gasteiger partial charge in [-0.05, 0) is 36.1 Å². The molecule has 0 amide bonds. The molecule has 0 saturated carbocycles. The zero-order valence-electron chi connectivity index (χ0n) is 12.8. The Bertz CT molecular complexity index is 942. The summed E-state index contributed by atoms with van der Waals surface area (Å²) in [6, 6.07) is 5.58. The van der Waals surface area contributed by atoms with Crippen molar-refractivity contribution in [3.8, 4) is 0 Å². The van der Waals surface area contributed by atoms with Gasteiger partial charge in [-0.1, -0.05) is 12.1 Å². The number of halogens is 1. The minimum absolute atomic E-state index is 0.239. The lowest BCUT2D eigenvalue weighted by molar-refractivity contribution is 0.577. The van der Waals surface area contributed by atoms with Crippen LogP contribution in [0.4, 0.5) is 4.39 Å². The predicted molar refractivity (Wildman–Crippen MR) is 86.1 cm³/mol. The van der Waals surface area contributed by atoms with Crippen molar-refractivity contribution in [1.82, 2.24) is 24.3 Å². The molecule has 24 heavy (non-hydrogen) atoms. The van der Waals surface area contributed by atoms with Gasteiger partial charge < -0.3 is 0 Å². The summed E-state index contributed by atoms with van der Waals surface area (Å²) < 4.78 is 41.2. The number of aryl methyl sites for hydroxylation is 1. The monoisotopic (exact) mass is 349 g/mol. The molecule has 2 aromatic heterocycles. The van der Waals surface area contributed by atoms with Gasteiger partial charge in [-0.25, -0.2) is 27.0 Å². The van der Waals surface area contributed by atoms with Crippen LogP contribution in [-0.4, -0.2) is 34.5 Å². The van der Waals surface area contributed by atoms with E-state index in [0.29, 0.717) is 30.7 Å². The second-order valence-corrected chi connectivity index (χ2v) is 7.16. The first-order valence-electron chi connectivity index (χ1n) is 7.38. The van der Waals surface area contributed by atoms with E-state index in [2.05, 4.69) is 19.8 Å². The van der Waals surface area contributed by atoms with Crippen molar-refractivity contribution < 1.29 is 12.8 Å². The standard InChI is InChI=1S/C15H16FN5O2S/c16-14-5-1-3-12(7-14)10-24(22,23)20-6-2-4-13-8-17-15-18-11-19-21(15)9-13/h1,3,5,7-9,11,20H,2,4,6,10H2. The van der Waals surface area contributed by atoms with Gasteiger partial charge in [0.25, 0.3) is 5.78 Å². The lowest BCUT2D eigenvalue weighted by atomic mass is 10.2. The summed E-state index contributed by atoms with van der Waals surface area (Å²) in [6.45, 7) is 0.299. The molecule has 0 radical (unpaired) electrons. The molecule has 9 heteroatoms. The normalized spacial score (nSPS) is 11.9. The van der Waals surface area contributed by atoms with E-state index in [1.54, 1.807) is 16.8 Å². The van der Waals surface area contributed by atoms with Gasteiger partial charge in [-0.15, -0.1) is 0 Å². The Kier molecular flexibility index (Phi) is 4.81. The van der Waals surface area contributed by atoms with Crippen LogP contribution >= 0.6 is 0 Å². The van der Waals surface area contributed by atoms with E-state index in [-0.39, 0.29) is 5.75 Å². The third-order valence-corrected chi connectivity index (χ3v) is 4.76. The summed E-state index contributed by atoms with van der Waals surface area (Å²) in [5, 5.41) is 4.00. The van der Waals surface area contributed by atoms with E-state index >= 15 is 0 Å². The minimum Gasteiger partial charge on any atom is -0.219 e. The number of nitrogens with zero attached hydrogens (tertiary/aromatic N) is 4. The molecular weight excluding hydrogens is 333 g/mol. The van der Waals surface area contributed by atoms with Crippen molar-refractivity contribution in [2.75, 3.05) is 6.54 Å². The van der Waals surface area contributed by atoms with Gasteiger partial charge in [0, 0.05) is 18.9 Å². The number of rotatable bonds is 7. The molecule has 0 unspecified atom stereocenters. The van der Waals surface area contributed by atoms with E-state index in [1.807, 2.05) is 6.20 Å². The maximum atomic E-state index is 13.1. The number of hydrogen-bond donors (Lipinski definition) is 1. The molecule has 1 aromatic carbocycles. The van der Waals surface area contributed by atoms with Crippen LogP contribution in [0, 0.1) is 5.82 Å². The van der Waals surface area contributed by atoms with Crippen molar-refractivity contribution >= 4 is 15.8 Å². The molecule has 7 nitrogen and oxygen atoms in total. The molecule has 0 aliphatic rings. The molecule has 0 bridgehead atoms. The molecule has 0 fully saturated rings. The molecule has 0 spiro atoms. The SMILES string of the molecule is O=S(=O)(Cc1cccc(F)c1)NCCCc1cnc2ncnn2c1. The zero-order valence-corrected chi connectivity index (χ0v) is 13.6. The summed E-state index contributed by atoms with van der Waals surface area (Å²) in [5.41, 5.74) is 1.36. The molecule has 2 heterocycles. The Balaban J connectivity index is 1.49. The largest absolute Gasteiger partial charge is 0.252 e. The number of hydrogen-bond acceptors (Lipinski definition) is 5. The van der Waals surface area contributed by atoms with Crippen molar-refractivity contribution in [1.29, 1.82) is 0 Å². The maximum Gasteiger partial charge on any atom is 0.252 e. The molecule has 1 N–H and O–H groups in total. The van der Waals surface area contributed by atoms with Crippen LogP contribution in [0.2, 0.25) is 0 Å². The highest BCUT2D eigenvalue weighted by atomic mass is 32.2. The van der Waals surface area contributed by atoms with E-state index in [4.69, 9.17) is 0 Å². The van der Waals surface area contributed by atoms with Crippen molar-refractivity contribution in [3.63, 3.8) is 0 Å². The van der Waals surface area contributed by atoms with Gasteiger partial charge in [-0.3, -0.25) is 0 Å². The van der Waals surface area contributed by atoms with Crippen molar-refractivity contribution in [2.45, 2.75) is 18.6 Å². The summed E-state index contributed by atoms with van der Waals surface area (Å²) in [5.74, 6) is -0.162. The fraction of sp³-hybridized carbons (Fsp3) is 0.267. The van der Waals surface area contributed by atoms with Gasteiger partial charge >= 0.3 is 0 Å². The van der Waals surface area contributed by atoms with E-state index in [0.717, 1.165) is 5.56 Å². The van der Waals surface area contributed by atoms with Crippen LogP contribution in [-0.2, 0) is 22.2 Å². The van der Waals surface area contributed by atoms with Gasteiger partial charge in [-0.2, -0.15) is 10.1 Å². The summed E-state index contributed by atoms with van der Waals surface area (Å²) in [4.78, 5) is 8.10. The molecule has 0 aliphatic carbocycles. The van der Waals surface area contributed by atoms with Crippen LogP contribution in [0.15, 0.2) is 43.0 Å². The predicted octanol–water partition coefficient (Wildman–Crippen LogP) is 1.32. The first-order valence-corrected chi connectivity index (χ1v) is 9.03. The van der Waals surface area contributed by atoms with Crippen LogP contribution in [0.1, 0.15) is 17.5 Å². The first kappa shape index (κ1) is 16.5.